The Morgan fingerprint density at radius 3 is 1.52 bits per heavy atom. The van der Waals surface area contributed by atoms with Crippen LogP contribution >= 0.6 is 0 Å². The van der Waals surface area contributed by atoms with E-state index in [9.17, 15) is 5.11 Å². The molecule has 13 heteroatoms. The third-order valence-electron chi connectivity index (χ3n) is 14.9. The Morgan fingerprint density at radius 1 is 0.701 bits per heavy atom. The number of aliphatic hydroxyl groups is 1. The van der Waals surface area contributed by atoms with Gasteiger partial charge >= 0.3 is 0 Å². The molecule has 0 amide bonds. The Kier molecular flexibility index (Phi) is 13.4. The van der Waals surface area contributed by atoms with E-state index in [-0.39, 0.29) is 23.2 Å². The van der Waals surface area contributed by atoms with Crippen molar-refractivity contribution in [2.45, 2.75) is 104 Å². The largest absolute Gasteiger partial charge is 0.407 e. The number of aliphatic hydroxyl groups excluding tert-OH is 1. The molecule has 2 aromatic carbocycles. The number of imidazole rings is 2. The van der Waals surface area contributed by atoms with Crippen LogP contribution in [-0.2, 0) is 4.43 Å². The van der Waals surface area contributed by atoms with E-state index >= 15 is 0 Å². The van der Waals surface area contributed by atoms with Crippen LogP contribution in [0, 0.1) is 59.2 Å². The fourth-order valence-electron chi connectivity index (χ4n) is 9.78. The molecule has 10 rings (SSSR count). The summed E-state index contributed by atoms with van der Waals surface area (Å²) in [6.45, 7) is 23.9. The molecule has 12 nitrogen and oxygen atoms in total. The van der Waals surface area contributed by atoms with E-state index in [4.69, 9.17) is 13.5 Å². The summed E-state index contributed by atoms with van der Waals surface area (Å²) < 4.78 is 22.3. The molecular weight excluding hydrogens is 853 g/mol. The summed E-state index contributed by atoms with van der Waals surface area (Å²) in [7, 11) is -1.93. The predicted octanol–water partition coefficient (Wildman–Crippen LogP) is 9.84. The monoisotopic (exact) mass is 918 g/mol. The third kappa shape index (κ3) is 9.90. The van der Waals surface area contributed by atoms with Gasteiger partial charge in [0.25, 0.3) is 0 Å². The van der Waals surface area contributed by atoms with E-state index in [1.165, 1.54) is 0 Å². The molecule has 6 aromatic rings. The normalized spacial score (nSPS) is 23.3. The molecule has 10 atom stereocenters. The van der Waals surface area contributed by atoms with Gasteiger partial charge in [0.15, 0.2) is 19.8 Å². The second-order valence-electron chi connectivity index (χ2n) is 20.4. The zero-order valence-electron chi connectivity index (χ0n) is 40.5. The number of rotatable bonds is 12. The zero-order chi connectivity index (χ0) is 47.0. The second-order valence-corrected chi connectivity index (χ2v) is 25.1. The van der Waals surface area contributed by atoms with Crippen molar-refractivity contribution in [3.8, 4) is 46.3 Å². The molecular formula is C54H66N8O4Si. The Morgan fingerprint density at radius 2 is 1.12 bits per heavy atom. The van der Waals surface area contributed by atoms with Gasteiger partial charge in [0.05, 0.1) is 12.1 Å². The quantitative estimate of drug-likeness (QED) is 0.0803. The Bertz CT molecular complexity index is 2740. The molecule has 2 aliphatic carbocycles. The molecule has 4 aromatic heterocycles. The first-order valence-corrected chi connectivity index (χ1v) is 27.1. The van der Waals surface area contributed by atoms with Crippen molar-refractivity contribution < 1.29 is 18.6 Å². The summed E-state index contributed by atoms with van der Waals surface area (Å²) in [5.74, 6) is 20.9. The number of nitrogens with zero attached hydrogens (tertiary/aromatic N) is 6. The van der Waals surface area contributed by atoms with Crippen molar-refractivity contribution in [1.29, 1.82) is 0 Å². The summed E-state index contributed by atoms with van der Waals surface area (Å²) in [6, 6.07) is 20.5. The van der Waals surface area contributed by atoms with Crippen LogP contribution in [0.3, 0.4) is 0 Å². The number of fused-ring (bicyclic) bond motifs is 2. The lowest BCUT2D eigenvalue weighted by molar-refractivity contribution is 0.181. The lowest BCUT2D eigenvalue weighted by Gasteiger charge is -2.38. The maximum absolute atomic E-state index is 9.98. The summed E-state index contributed by atoms with van der Waals surface area (Å²) in [4.78, 5) is 8.96. The minimum atomic E-state index is -1.93. The lowest BCUT2D eigenvalue weighted by atomic mass is 10.1. The molecule has 2 aliphatic heterocycles. The first-order valence-electron chi connectivity index (χ1n) is 24.2. The average molecular weight is 919 g/mol. The number of hydrogen-bond acceptors (Lipinski definition) is 10. The van der Waals surface area contributed by atoms with Crippen LogP contribution in [-0.4, -0.2) is 69.0 Å². The van der Waals surface area contributed by atoms with Crippen LogP contribution in [0.4, 0.5) is 0 Å². The second kappa shape index (κ2) is 19.2. The van der Waals surface area contributed by atoms with Crippen LogP contribution in [0.5, 0.6) is 0 Å². The highest BCUT2D eigenvalue weighted by Crippen LogP contribution is 2.49. The number of hydrogen-bond donors (Lipinski definition) is 3. The van der Waals surface area contributed by atoms with Gasteiger partial charge in [-0.3, -0.25) is 0 Å². The van der Waals surface area contributed by atoms with E-state index in [1.807, 2.05) is 53.5 Å². The molecule has 4 fully saturated rings. The number of aromatic nitrogens is 6. The van der Waals surface area contributed by atoms with Gasteiger partial charge in [-0.2, -0.15) is 0 Å². The van der Waals surface area contributed by atoms with Crippen molar-refractivity contribution in [3.05, 3.63) is 120 Å². The lowest BCUT2D eigenvalue weighted by Crippen LogP contribution is -2.41. The summed E-state index contributed by atoms with van der Waals surface area (Å²) in [5.41, 5.74) is 5.78. The van der Waals surface area contributed by atoms with Gasteiger partial charge in [-0.25, -0.2) is 9.97 Å². The molecule has 6 heterocycles. The highest BCUT2D eigenvalue weighted by Gasteiger charge is 2.52. The van der Waals surface area contributed by atoms with Gasteiger partial charge in [-0.05, 0) is 143 Å². The van der Waals surface area contributed by atoms with Crippen LogP contribution < -0.4 is 10.6 Å². The Balaban J connectivity index is 0.000000171. The van der Waals surface area contributed by atoms with Crippen molar-refractivity contribution in [1.82, 2.24) is 40.0 Å². The van der Waals surface area contributed by atoms with E-state index in [1.54, 1.807) is 13.1 Å². The molecule has 67 heavy (non-hydrogen) atoms. The topological polar surface area (TPSA) is 141 Å². The van der Waals surface area contributed by atoms with E-state index in [0.717, 1.165) is 114 Å². The van der Waals surface area contributed by atoms with Gasteiger partial charge in [-0.15, -0.1) is 0 Å². The molecule has 2 saturated carbocycles. The summed E-state index contributed by atoms with van der Waals surface area (Å²) in [6.07, 6.45) is 8.41. The maximum atomic E-state index is 9.98. The summed E-state index contributed by atoms with van der Waals surface area (Å²) >= 11 is 0. The van der Waals surface area contributed by atoms with Gasteiger partial charge in [0, 0.05) is 71.0 Å². The fraction of sp³-hybridized carbons (Fsp3) is 0.481. The molecule has 0 radical (unpaired) electrons. The molecule has 4 aliphatic rings. The summed E-state index contributed by atoms with van der Waals surface area (Å²) in [5, 5.41) is 25.7. The van der Waals surface area contributed by atoms with Crippen molar-refractivity contribution >= 4 is 8.32 Å². The van der Waals surface area contributed by atoms with E-state index < -0.39 is 14.4 Å². The highest BCUT2D eigenvalue weighted by molar-refractivity contribution is 6.74. The first kappa shape index (κ1) is 46.6. The SMILES string of the molecule is CC[C@H](c1cc(-c2ccc(C#CC3[C@H]4CNC[C@@H]34)cc2)on1)n1ccnc1[C@H](C)O.CC[C@H](c1cc(-c2ccc(C#CC3[C@H]4CNC[C@@H]34)cc2)on1)n1ccnc1[C@H](C)O[Si](C)(C)C(C)(C)C. The van der Waals surface area contributed by atoms with Gasteiger partial charge in [-0.1, -0.05) is 68.6 Å². The van der Waals surface area contributed by atoms with Gasteiger partial charge in [0.1, 0.15) is 35.2 Å². The predicted molar refractivity (Wildman–Crippen MR) is 263 cm³/mol. The molecule has 2 saturated heterocycles. The fourth-order valence-corrected chi connectivity index (χ4v) is 11.1. The van der Waals surface area contributed by atoms with Crippen LogP contribution in [0.25, 0.3) is 22.6 Å². The molecule has 0 spiro atoms. The molecule has 350 valence electrons. The van der Waals surface area contributed by atoms with Crippen LogP contribution in [0.1, 0.15) is 120 Å². The minimum Gasteiger partial charge on any atom is -0.407 e. The van der Waals surface area contributed by atoms with E-state index in [2.05, 4.69) is 144 Å². The van der Waals surface area contributed by atoms with Gasteiger partial charge < -0.3 is 38.3 Å². The zero-order valence-corrected chi connectivity index (χ0v) is 41.5. The Hall–Kier alpha value is -5.54. The van der Waals surface area contributed by atoms with Crippen molar-refractivity contribution in [2.24, 2.45) is 35.5 Å². The van der Waals surface area contributed by atoms with Crippen molar-refractivity contribution in [3.63, 3.8) is 0 Å². The standard InChI is InChI=1S/C30H40N4O2Si.C24H26N4O2/c1-8-27(34-16-15-32-29(34)20(2)36-37(6,7)30(3,4)5)26-17-28(35-33-26)22-12-9-21(10-13-22)11-14-23-24-18-31-19-25(23)24;1-3-22(28-11-10-26-24(28)15(2)29)21-12-23(30-27-21)17-7-4-16(5-8-17)6-9-18-19-13-25-14-20(18)19/h9-10,12-13,15-17,20,23-25,27,31H,8,18-19H2,1-7H3;4-5,7-8,10-12,15,18-20,22,25,29H,3,13-14H2,1-2H3/t20-,23?,24-,25+,27+;15-,18?,19-,20+,22+/m00/s1. The molecule has 2 unspecified atom stereocenters. The third-order valence-corrected chi connectivity index (χ3v) is 19.4. The van der Waals surface area contributed by atoms with Crippen LogP contribution in [0.2, 0.25) is 18.1 Å². The maximum Gasteiger partial charge on any atom is 0.193 e. The minimum absolute atomic E-state index is 0.0260. The first-order chi connectivity index (χ1) is 32.2. The number of benzene rings is 2. The molecule has 3 N–H and O–H groups in total. The van der Waals surface area contributed by atoms with Gasteiger partial charge in [0.2, 0.25) is 0 Å². The highest BCUT2D eigenvalue weighted by atomic mass is 28.4. The average Bonchev–Trinajstić information content (AvgIpc) is 3.99. The smallest absolute Gasteiger partial charge is 0.193 e. The number of nitrogens with one attached hydrogen (secondary N) is 2. The van der Waals surface area contributed by atoms with Crippen LogP contribution in [0.15, 0.2) is 94.5 Å². The molecule has 0 bridgehead atoms. The van der Waals surface area contributed by atoms with Crippen molar-refractivity contribution in [2.75, 3.05) is 26.2 Å². The Labute approximate surface area is 396 Å². The van der Waals surface area contributed by atoms with E-state index in [0.29, 0.717) is 17.7 Å². The number of piperidine rings is 2.